The molecular weight excluding hydrogens is 342 g/mol. The van der Waals surface area contributed by atoms with Gasteiger partial charge >= 0.3 is 5.97 Å². The van der Waals surface area contributed by atoms with Crippen LogP contribution in [0.3, 0.4) is 0 Å². The lowest BCUT2D eigenvalue weighted by Crippen LogP contribution is -2.37. The van der Waals surface area contributed by atoms with E-state index >= 15 is 0 Å². The molecule has 27 heavy (non-hydrogen) atoms. The number of carboxylic acids is 1. The smallest absolute Gasteiger partial charge is 0.317 e. The highest BCUT2D eigenvalue weighted by atomic mass is 16.5. The first-order valence-electron chi connectivity index (χ1n) is 11.0. The van der Waals surface area contributed by atoms with Gasteiger partial charge in [0.25, 0.3) is 0 Å². The number of hydrogen-bond donors (Lipinski definition) is 3. The van der Waals surface area contributed by atoms with Gasteiger partial charge in [0.2, 0.25) is 0 Å². The molecule has 3 N–H and O–H groups in total. The standard InChI is InChI=1S/C22H43NO4/c1-2-3-4-5-6-7-8-9-10-11-12-13-14-15-16-17-18-23(19-21(24)25)20-22(26)27/h9-10,21,24-25H,2-8,11-20H2,1H3,(H,26,27)/b10-9-. The van der Waals surface area contributed by atoms with Crippen LogP contribution in [-0.2, 0) is 4.79 Å². The monoisotopic (exact) mass is 385 g/mol. The van der Waals surface area contributed by atoms with E-state index in [1.165, 1.54) is 70.6 Å². The highest BCUT2D eigenvalue weighted by Gasteiger charge is 2.12. The van der Waals surface area contributed by atoms with E-state index in [9.17, 15) is 4.79 Å². The van der Waals surface area contributed by atoms with Gasteiger partial charge in [-0.2, -0.15) is 0 Å². The third-order valence-corrected chi connectivity index (χ3v) is 4.77. The van der Waals surface area contributed by atoms with Gasteiger partial charge in [-0.25, -0.2) is 0 Å². The third kappa shape index (κ3) is 21.2. The number of unbranched alkanes of at least 4 members (excludes halogenated alkanes) is 12. The van der Waals surface area contributed by atoms with E-state index < -0.39 is 12.3 Å². The van der Waals surface area contributed by atoms with Crippen molar-refractivity contribution >= 4 is 5.97 Å². The first-order chi connectivity index (χ1) is 13.1. The summed E-state index contributed by atoms with van der Waals surface area (Å²) in [6, 6.07) is 0. The van der Waals surface area contributed by atoms with Gasteiger partial charge in [-0.3, -0.25) is 9.69 Å². The highest BCUT2D eigenvalue weighted by molar-refractivity contribution is 5.69. The number of nitrogens with zero attached hydrogens (tertiary/aromatic N) is 1. The van der Waals surface area contributed by atoms with Crippen LogP contribution >= 0.6 is 0 Å². The van der Waals surface area contributed by atoms with Gasteiger partial charge in [0.1, 0.15) is 0 Å². The molecule has 5 heteroatoms. The Morgan fingerprint density at radius 1 is 0.815 bits per heavy atom. The minimum atomic E-state index is -1.47. The fourth-order valence-electron chi connectivity index (χ4n) is 3.24. The molecule has 0 aromatic heterocycles. The normalized spacial score (nSPS) is 11.9. The molecule has 0 unspecified atom stereocenters. The molecule has 0 aliphatic heterocycles. The minimum absolute atomic E-state index is 0.00260. The van der Waals surface area contributed by atoms with E-state index in [-0.39, 0.29) is 13.1 Å². The van der Waals surface area contributed by atoms with Crippen LogP contribution in [0.4, 0.5) is 0 Å². The fourth-order valence-corrected chi connectivity index (χ4v) is 3.24. The minimum Gasteiger partial charge on any atom is -0.480 e. The average Bonchev–Trinajstić information content (AvgIpc) is 2.60. The van der Waals surface area contributed by atoms with Crippen LogP contribution in [0.2, 0.25) is 0 Å². The van der Waals surface area contributed by atoms with Crippen LogP contribution in [0.15, 0.2) is 12.2 Å². The van der Waals surface area contributed by atoms with Crippen molar-refractivity contribution in [3.63, 3.8) is 0 Å². The van der Waals surface area contributed by atoms with E-state index in [0.29, 0.717) is 6.54 Å². The molecule has 0 aliphatic rings. The van der Waals surface area contributed by atoms with E-state index in [4.69, 9.17) is 15.3 Å². The van der Waals surface area contributed by atoms with Crippen molar-refractivity contribution in [1.29, 1.82) is 0 Å². The number of carboxylic acid groups (broad SMARTS) is 1. The van der Waals surface area contributed by atoms with Gasteiger partial charge in [0.05, 0.1) is 6.54 Å². The van der Waals surface area contributed by atoms with Crippen molar-refractivity contribution < 1.29 is 20.1 Å². The highest BCUT2D eigenvalue weighted by Crippen LogP contribution is 2.10. The van der Waals surface area contributed by atoms with Gasteiger partial charge in [-0.05, 0) is 38.6 Å². The van der Waals surface area contributed by atoms with Crippen molar-refractivity contribution in [3.05, 3.63) is 12.2 Å². The Hall–Kier alpha value is -0.910. The summed E-state index contributed by atoms with van der Waals surface area (Å²) in [4.78, 5) is 12.3. The molecule has 0 saturated carbocycles. The van der Waals surface area contributed by atoms with Crippen molar-refractivity contribution in [1.82, 2.24) is 4.90 Å². The largest absolute Gasteiger partial charge is 0.480 e. The molecule has 0 heterocycles. The van der Waals surface area contributed by atoms with Gasteiger partial charge in [-0.15, -0.1) is 0 Å². The van der Waals surface area contributed by atoms with Gasteiger partial charge in [0, 0.05) is 6.54 Å². The summed E-state index contributed by atoms with van der Waals surface area (Å²) in [6.07, 6.45) is 20.6. The Labute approximate surface area is 166 Å². The van der Waals surface area contributed by atoms with Crippen molar-refractivity contribution in [2.24, 2.45) is 0 Å². The van der Waals surface area contributed by atoms with Gasteiger partial charge < -0.3 is 15.3 Å². The lowest BCUT2D eigenvalue weighted by molar-refractivity contribution is -0.139. The molecule has 5 nitrogen and oxygen atoms in total. The molecular formula is C22H43NO4. The molecule has 0 radical (unpaired) electrons. The maximum Gasteiger partial charge on any atom is 0.317 e. The maximum absolute atomic E-state index is 10.8. The summed E-state index contributed by atoms with van der Waals surface area (Å²) >= 11 is 0. The van der Waals surface area contributed by atoms with Crippen LogP contribution in [0.25, 0.3) is 0 Å². The number of rotatable bonds is 20. The fraction of sp³-hybridized carbons (Fsp3) is 0.864. The summed E-state index contributed by atoms with van der Waals surface area (Å²) in [7, 11) is 0. The zero-order valence-electron chi connectivity index (χ0n) is 17.4. The number of aliphatic hydroxyl groups is 2. The topological polar surface area (TPSA) is 81.0 Å². The number of aliphatic carboxylic acids is 1. The average molecular weight is 386 g/mol. The molecule has 0 spiro atoms. The second kappa shape index (κ2) is 19.8. The van der Waals surface area contributed by atoms with Gasteiger partial charge in [0.15, 0.2) is 6.29 Å². The Kier molecular flexibility index (Phi) is 19.2. The molecule has 0 rings (SSSR count). The number of hydrogen-bond acceptors (Lipinski definition) is 4. The van der Waals surface area contributed by atoms with Gasteiger partial charge in [-0.1, -0.05) is 76.9 Å². The Balaban J connectivity index is 3.40. The third-order valence-electron chi connectivity index (χ3n) is 4.77. The number of allylic oxidation sites excluding steroid dienone is 2. The van der Waals surface area contributed by atoms with E-state index in [0.717, 1.165) is 19.3 Å². The summed E-state index contributed by atoms with van der Waals surface area (Å²) in [5, 5.41) is 26.8. The van der Waals surface area contributed by atoms with Crippen LogP contribution in [0, 0.1) is 0 Å². The Morgan fingerprint density at radius 3 is 1.78 bits per heavy atom. The quantitative estimate of drug-likeness (QED) is 0.160. The maximum atomic E-state index is 10.8. The second-order valence-corrected chi connectivity index (χ2v) is 7.55. The lowest BCUT2D eigenvalue weighted by Gasteiger charge is -2.20. The second-order valence-electron chi connectivity index (χ2n) is 7.55. The van der Waals surface area contributed by atoms with E-state index in [2.05, 4.69) is 19.1 Å². The Bertz CT molecular complexity index is 358. The van der Waals surface area contributed by atoms with Crippen LogP contribution in [0.5, 0.6) is 0 Å². The molecule has 0 aliphatic carbocycles. The molecule has 0 amide bonds. The SMILES string of the molecule is CCCCCCCC/C=C\CCCCCCCCN(CC(=O)O)CC(O)O. The molecule has 0 fully saturated rings. The summed E-state index contributed by atoms with van der Waals surface area (Å²) in [5.41, 5.74) is 0. The zero-order chi connectivity index (χ0) is 20.2. The predicted octanol–water partition coefficient (Wildman–Crippen LogP) is 4.72. The molecule has 160 valence electrons. The number of carbonyl (C=O) groups is 1. The van der Waals surface area contributed by atoms with E-state index in [1.54, 1.807) is 4.90 Å². The van der Waals surface area contributed by atoms with Crippen LogP contribution < -0.4 is 0 Å². The molecule has 0 atom stereocenters. The van der Waals surface area contributed by atoms with Crippen molar-refractivity contribution in [3.8, 4) is 0 Å². The Morgan fingerprint density at radius 2 is 1.30 bits per heavy atom. The summed E-state index contributed by atoms with van der Waals surface area (Å²) < 4.78 is 0. The number of aliphatic hydroxyl groups excluding tert-OH is 1. The lowest BCUT2D eigenvalue weighted by atomic mass is 10.1. The molecule has 0 bridgehead atoms. The van der Waals surface area contributed by atoms with E-state index in [1.807, 2.05) is 0 Å². The summed E-state index contributed by atoms with van der Waals surface area (Å²) in [5.74, 6) is -0.930. The first-order valence-corrected chi connectivity index (χ1v) is 11.0. The van der Waals surface area contributed by atoms with Crippen molar-refractivity contribution in [2.75, 3.05) is 19.6 Å². The zero-order valence-corrected chi connectivity index (χ0v) is 17.4. The molecule has 0 saturated heterocycles. The molecule has 0 aromatic rings. The first kappa shape index (κ1) is 26.1. The van der Waals surface area contributed by atoms with Crippen LogP contribution in [-0.4, -0.2) is 52.1 Å². The predicted molar refractivity (Wildman–Crippen MR) is 112 cm³/mol. The van der Waals surface area contributed by atoms with Crippen molar-refractivity contribution in [2.45, 2.75) is 103 Å². The van der Waals surface area contributed by atoms with Crippen LogP contribution in [0.1, 0.15) is 96.8 Å². The summed E-state index contributed by atoms with van der Waals surface area (Å²) in [6.45, 7) is 2.72. The molecule has 0 aromatic carbocycles.